The smallest absolute Gasteiger partial charge is 0.0789 e. The molecule has 15 rings (SSSR count). The van der Waals surface area contributed by atoms with Crippen LogP contribution in [-0.4, -0.2) is 8.80 Å². The fourth-order valence-corrected chi connectivity index (χ4v) is 13.0. The molecule has 314 valence electrons. The van der Waals surface area contributed by atoms with Crippen LogP contribution in [0.1, 0.15) is 25.0 Å². The van der Waals surface area contributed by atoms with Gasteiger partial charge in [-0.25, -0.2) is 0 Å². The number of para-hydroxylation sites is 2. The molecule has 4 heterocycles. The van der Waals surface area contributed by atoms with Crippen molar-refractivity contribution in [2.45, 2.75) is 19.3 Å². The summed E-state index contributed by atoms with van der Waals surface area (Å²) < 4.78 is 7.59. The van der Waals surface area contributed by atoms with Crippen LogP contribution >= 0.6 is 11.3 Å². The molecule has 0 N–H and O–H groups in total. The van der Waals surface area contributed by atoms with Crippen LogP contribution in [0, 0.1) is 0 Å². The maximum absolute atomic E-state index is 2.52. The third kappa shape index (κ3) is 5.11. The van der Waals surface area contributed by atoms with Gasteiger partial charge in [0.1, 0.15) is 0 Å². The van der Waals surface area contributed by atoms with Crippen molar-refractivity contribution in [3.63, 3.8) is 0 Å². The van der Waals surface area contributed by atoms with Gasteiger partial charge in [-0.1, -0.05) is 153 Å². The Morgan fingerprint density at radius 2 is 0.910 bits per heavy atom. The van der Waals surface area contributed by atoms with E-state index in [2.05, 4.69) is 240 Å². The van der Waals surface area contributed by atoms with E-state index >= 15 is 0 Å². The Labute approximate surface area is 391 Å². The first-order valence-electron chi connectivity index (χ1n) is 23.2. The summed E-state index contributed by atoms with van der Waals surface area (Å²) in [6.07, 6.45) is 0. The lowest BCUT2D eigenvalue weighted by Gasteiger charge is -2.28. The zero-order chi connectivity index (χ0) is 44.1. The maximum atomic E-state index is 2.52. The van der Waals surface area contributed by atoms with Crippen LogP contribution in [0.15, 0.2) is 212 Å². The molecule has 0 saturated heterocycles. The van der Waals surface area contributed by atoms with Gasteiger partial charge in [0.15, 0.2) is 0 Å². The normalized spacial score (nSPS) is 13.3. The molecule has 4 heteroatoms. The zero-order valence-electron chi connectivity index (χ0n) is 37.0. The fraction of sp³-hybridized carbons (Fsp3) is 0.0476. The highest BCUT2D eigenvalue weighted by Gasteiger charge is 2.36. The quantitative estimate of drug-likeness (QED) is 0.157. The minimum atomic E-state index is -0.106. The molecule has 67 heavy (non-hydrogen) atoms. The van der Waals surface area contributed by atoms with Crippen molar-refractivity contribution in [2.24, 2.45) is 0 Å². The number of anilines is 3. The number of nitrogens with zero attached hydrogens (tertiary/aromatic N) is 3. The molecule has 0 saturated carbocycles. The Morgan fingerprint density at radius 3 is 1.69 bits per heavy atom. The maximum Gasteiger partial charge on any atom is 0.0789 e. The van der Waals surface area contributed by atoms with Gasteiger partial charge in [-0.2, -0.15) is 0 Å². The first-order valence-corrected chi connectivity index (χ1v) is 24.1. The second kappa shape index (κ2) is 13.4. The van der Waals surface area contributed by atoms with Crippen molar-refractivity contribution >= 4 is 103 Å². The molecule has 1 aliphatic carbocycles. The molecule has 0 bridgehead atoms. The monoisotopic (exact) mass is 871 g/mol. The van der Waals surface area contributed by atoms with Crippen molar-refractivity contribution in [1.82, 2.24) is 8.80 Å². The summed E-state index contributed by atoms with van der Waals surface area (Å²) in [4.78, 5) is 2.44. The average molecular weight is 872 g/mol. The molecule has 1 aliphatic rings. The van der Waals surface area contributed by atoms with Crippen molar-refractivity contribution in [3.8, 4) is 33.4 Å². The van der Waals surface area contributed by atoms with E-state index in [1.54, 1.807) is 0 Å². The molecular formula is C63H41N3S. The Bertz CT molecular complexity index is 4360. The van der Waals surface area contributed by atoms with Gasteiger partial charge in [-0.3, -0.25) is 0 Å². The molecule has 0 fully saturated rings. The summed E-state index contributed by atoms with van der Waals surface area (Å²) in [5.41, 5.74) is 21.1. The van der Waals surface area contributed by atoms with Crippen molar-refractivity contribution < 1.29 is 0 Å². The predicted octanol–water partition coefficient (Wildman–Crippen LogP) is 17.7. The summed E-state index contributed by atoms with van der Waals surface area (Å²) in [6, 6.07) is 79.3. The first-order chi connectivity index (χ1) is 33.0. The van der Waals surface area contributed by atoms with Crippen LogP contribution in [0.25, 0.3) is 108 Å². The van der Waals surface area contributed by atoms with Crippen molar-refractivity contribution in [2.75, 3.05) is 4.90 Å². The minimum absolute atomic E-state index is 0.106. The lowest BCUT2D eigenvalue weighted by molar-refractivity contribution is 0.660. The third-order valence-corrected chi connectivity index (χ3v) is 16.2. The molecule has 0 atom stereocenters. The SMILES string of the molecule is CC1(C)c2ccccc2-c2ccc(N(c3ccc(-c4ccccc4)cc3)c3ccc4c(c3)sc3ccc(-c5ccc6c(c5)n5c7ccccc7c7ccc8c9ccccc9n6c8c75)cc34)cc21. The molecule has 10 aromatic carbocycles. The molecule has 0 spiro atoms. The van der Waals surface area contributed by atoms with E-state index in [0.717, 1.165) is 17.1 Å². The van der Waals surface area contributed by atoms with E-state index in [1.165, 1.54) is 119 Å². The van der Waals surface area contributed by atoms with E-state index in [4.69, 9.17) is 0 Å². The fourth-order valence-electron chi connectivity index (χ4n) is 11.9. The van der Waals surface area contributed by atoms with Crippen LogP contribution in [0.5, 0.6) is 0 Å². The lowest BCUT2D eigenvalue weighted by Crippen LogP contribution is -2.16. The minimum Gasteiger partial charge on any atom is -0.310 e. The van der Waals surface area contributed by atoms with Gasteiger partial charge >= 0.3 is 0 Å². The Balaban J connectivity index is 0.883. The van der Waals surface area contributed by atoms with Gasteiger partial charge in [0.25, 0.3) is 0 Å². The number of benzene rings is 10. The molecular weight excluding hydrogens is 831 g/mol. The number of hydrogen-bond donors (Lipinski definition) is 0. The van der Waals surface area contributed by atoms with Gasteiger partial charge < -0.3 is 13.7 Å². The van der Waals surface area contributed by atoms with Crippen molar-refractivity contribution in [1.29, 1.82) is 0 Å². The Hall–Kier alpha value is -8.18. The van der Waals surface area contributed by atoms with Crippen LogP contribution in [0.4, 0.5) is 17.1 Å². The van der Waals surface area contributed by atoms with Crippen LogP contribution in [0.2, 0.25) is 0 Å². The highest BCUT2D eigenvalue weighted by molar-refractivity contribution is 7.25. The van der Waals surface area contributed by atoms with Gasteiger partial charge in [0, 0.05) is 64.2 Å². The highest BCUT2D eigenvalue weighted by atomic mass is 32.1. The third-order valence-electron chi connectivity index (χ3n) is 15.0. The summed E-state index contributed by atoms with van der Waals surface area (Å²) in [6.45, 7) is 4.73. The number of fused-ring (bicyclic) bond motifs is 15. The highest BCUT2D eigenvalue weighted by Crippen LogP contribution is 2.51. The van der Waals surface area contributed by atoms with Crippen LogP contribution in [-0.2, 0) is 5.41 Å². The van der Waals surface area contributed by atoms with Gasteiger partial charge in [0.05, 0.1) is 33.1 Å². The lowest BCUT2D eigenvalue weighted by atomic mass is 9.82. The number of thiophene rings is 1. The second-order valence-corrected chi connectivity index (χ2v) is 20.0. The van der Waals surface area contributed by atoms with E-state index in [0.29, 0.717) is 0 Å². The van der Waals surface area contributed by atoms with Crippen LogP contribution in [0.3, 0.4) is 0 Å². The van der Waals surface area contributed by atoms with E-state index in [9.17, 15) is 0 Å². The average Bonchev–Trinajstić information content (AvgIpc) is 4.09. The molecule has 0 amide bonds. The summed E-state index contributed by atoms with van der Waals surface area (Å²) in [7, 11) is 0. The zero-order valence-corrected chi connectivity index (χ0v) is 37.8. The second-order valence-electron chi connectivity index (χ2n) is 18.9. The van der Waals surface area contributed by atoms with Crippen LogP contribution < -0.4 is 4.90 Å². The van der Waals surface area contributed by atoms with E-state index in [1.807, 2.05) is 11.3 Å². The molecule has 0 aliphatic heterocycles. The summed E-state index contributed by atoms with van der Waals surface area (Å²) in [5.74, 6) is 0. The number of rotatable bonds is 5. The molecule has 4 aromatic heterocycles. The first kappa shape index (κ1) is 37.1. The summed E-state index contributed by atoms with van der Waals surface area (Å²) in [5, 5.41) is 7.73. The standard InChI is InChI=1S/C63H41N3S/c1-63(2)53-17-9-6-14-45(53)46-28-26-43(36-54(46)63)64(42-24-20-39(21-25-42)38-12-4-3-5-13-38)44-27-29-49-52-34-40(23-33-59(52)67-60(49)37-44)41-22-32-57-58(35-41)66-56-19-11-8-16-48(56)51-31-30-50-47-15-7-10-18-55(47)65(57)61(50)62(51)66/h3-37H,1-2H3. The predicted molar refractivity (Wildman–Crippen MR) is 286 cm³/mol. The van der Waals surface area contributed by atoms with Gasteiger partial charge in [-0.15, -0.1) is 11.3 Å². The van der Waals surface area contributed by atoms with Gasteiger partial charge in [0.2, 0.25) is 0 Å². The molecule has 0 radical (unpaired) electrons. The molecule has 0 unspecified atom stereocenters. The van der Waals surface area contributed by atoms with E-state index in [-0.39, 0.29) is 5.41 Å². The van der Waals surface area contributed by atoms with Gasteiger partial charge in [-0.05, 0) is 117 Å². The van der Waals surface area contributed by atoms with Crippen molar-refractivity contribution in [3.05, 3.63) is 223 Å². The largest absolute Gasteiger partial charge is 0.310 e. The topological polar surface area (TPSA) is 12.1 Å². The molecule has 3 nitrogen and oxygen atoms in total. The number of hydrogen-bond acceptors (Lipinski definition) is 2. The Morgan fingerprint density at radius 1 is 0.343 bits per heavy atom. The van der Waals surface area contributed by atoms with E-state index < -0.39 is 0 Å². The summed E-state index contributed by atoms with van der Waals surface area (Å²) >= 11 is 1.88. The Kier molecular flexibility index (Phi) is 7.44. The number of aromatic nitrogens is 2. The molecule has 14 aromatic rings.